The average Bonchev–Trinajstić information content (AvgIpc) is 3.45. The largest absolute Gasteiger partial charge is 0.488 e. The predicted octanol–water partition coefficient (Wildman–Crippen LogP) is 4.32. The highest BCUT2D eigenvalue weighted by molar-refractivity contribution is 6.28. The lowest BCUT2D eigenvalue weighted by molar-refractivity contribution is 0.103. The number of ketones is 1. The van der Waals surface area contributed by atoms with E-state index in [-0.39, 0.29) is 19.0 Å². The second-order valence-electron chi connectivity index (χ2n) is 11.1. The van der Waals surface area contributed by atoms with Crippen molar-refractivity contribution in [2.75, 3.05) is 51.3 Å². The van der Waals surface area contributed by atoms with Crippen molar-refractivity contribution in [1.29, 1.82) is 0 Å². The zero-order valence-electron chi connectivity index (χ0n) is 25.3. The number of aliphatic hydroxyl groups is 2. The van der Waals surface area contributed by atoms with E-state index < -0.39 is 0 Å². The van der Waals surface area contributed by atoms with Crippen molar-refractivity contribution in [2.45, 2.75) is 19.7 Å². The molecular formula is C36H39N5O4. The molecule has 1 aliphatic carbocycles. The molecule has 4 aromatic carbocycles. The highest BCUT2D eigenvalue weighted by Crippen LogP contribution is 2.44. The quantitative estimate of drug-likeness (QED) is 0.121. The van der Waals surface area contributed by atoms with Gasteiger partial charge in [-0.05, 0) is 29.3 Å². The Morgan fingerprint density at radius 3 is 2.31 bits per heavy atom. The highest BCUT2D eigenvalue weighted by Gasteiger charge is 2.33. The van der Waals surface area contributed by atoms with Crippen molar-refractivity contribution < 1.29 is 19.7 Å². The van der Waals surface area contributed by atoms with Crippen LogP contribution in [0.2, 0.25) is 0 Å². The number of aliphatic hydroxyl groups excluding tert-OH is 2. The van der Waals surface area contributed by atoms with Gasteiger partial charge in [-0.2, -0.15) is 5.10 Å². The Kier molecular flexibility index (Phi) is 9.82. The van der Waals surface area contributed by atoms with E-state index in [4.69, 9.17) is 14.9 Å². The number of carbonyl (C=O) groups is 1. The first kappa shape index (κ1) is 30.5. The molecular weight excluding hydrogens is 566 g/mol. The summed E-state index contributed by atoms with van der Waals surface area (Å²) >= 11 is 0. The molecule has 1 aliphatic rings. The SMILES string of the molecule is O=C1c2c(OCc3ccccc3)cccc2-c2nn(CCN(CCO)Cc3ccccc3)c3ccc(NCCNCCO)c1c23. The summed E-state index contributed by atoms with van der Waals surface area (Å²) in [5.74, 6) is 0.439. The summed E-state index contributed by atoms with van der Waals surface area (Å²) in [5, 5.41) is 31.4. The van der Waals surface area contributed by atoms with Gasteiger partial charge in [0, 0.05) is 55.9 Å². The van der Waals surface area contributed by atoms with Gasteiger partial charge in [-0.15, -0.1) is 0 Å². The molecule has 6 rings (SSSR count). The molecule has 0 radical (unpaired) electrons. The summed E-state index contributed by atoms with van der Waals surface area (Å²) in [7, 11) is 0. The standard InChI is InChI=1S/C36H39N5O4/c42-22-18-37-16-17-38-29-14-15-30-34-33(29)36(44)32-28(12-7-13-31(32)45-25-27-10-5-2-6-11-27)35(34)39-41(30)20-19-40(21-23-43)24-26-8-3-1-4-9-26/h1-15,37-38,42-43H,16-25H2. The number of nitrogens with one attached hydrogen (secondary N) is 2. The molecule has 0 bridgehead atoms. The Balaban J connectivity index is 1.35. The van der Waals surface area contributed by atoms with Crippen LogP contribution in [0.1, 0.15) is 27.0 Å². The topological polar surface area (TPSA) is 112 Å². The van der Waals surface area contributed by atoms with E-state index in [1.54, 1.807) is 0 Å². The molecule has 0 saturated carbocycles. The van der Waals surface area contributed by atoms with Crippen LogP contribution in [-0.2, 0) is 19.7 Å². The van der Waals surface area contributed by atoms with Gasteiger partial charge in [-0.1, -0.05) is 72.8 Å². The number of aromatic nitrogens is 2. The molecule has 1 heterocycles. The average molecular weight is 606 g/mol. The fourth-order valence-electron chi connectivity index (χ4n) is 5.94. The maximum Gasteiger partial charge on any atom is 0.200 e. The fourth-order valence-corrected chi connectivity index (χ4v) is 5.94. The van der Waals surface area contributed by atoms with Gasteiger partial charge in [0.05, 0.1) is 36.4 Å². The van der Waals surface area contributed by atoms with Gasteiger partial charge >= 0.3 is 0 Å². The molecule has 0 saturated heterocycles. The molecule has 9 heteroatoms. The molecule has 0 unspecified atom stereocenters. The Hall–Kier alpha value is -4.54. The van der Waals surface area contributed by atoms with Gasteiger partial charge in [0.15, 0.2) is 5.78 Å². The van der Waals surface area contributed by atoms with Crippen LogP contribution < -0.4 is 15.4 Å². The van der Waals surface area contributed by atoms with Crippen molar-refractivity contribution in [1.82, 2.24) is 20.0 Å². The first-order valence-corrected chi connectivity index (χ1v) is 15.5. The third-order valence-corrected chi connectivity index (χ3v) is 8.09. The highest BCUT2D eigenvalue weighted by atomic mass is 16.5. The number of hydrogen-bond acceptors (Lipinski definition) is 8. The van der Waals surface area contributed by atoms with Crippen LogP contribution in [0.5, 0.6) is 5.75 Å². The van der Waals surface area contributed by atoms with Crippen molar-refractivity contribution in [3.8, 4) is 17.0 Å². The van der Waals surface area contributed by atoms with Crippen LogP contribution in [0.15, 0.2) is 91.0 Å². The Labute approximate surface area is 263 Å². The Bertz CT molecular complexity index is 1740. The Morgan fingerprint density at radius 1 is 0.778 bits per heavy atom. The number of fused-ring (bicyclic) bond motifs is 2. The number of carbonyl (C=O) groups excluding carboxylic acids is 1. The molecule has 0 fully saturated rings. The van der Waals surface area contributed by atoms with E-state index in [0.717, 1.165) is 40.0 Å². The van der Waals surface area contributed by atoms with Crippen molar-refractivity contribution in [3.63, 3.8) is 0 Å². The maximum absolute atomic E-state index is 14.4. The monoisotopic (exact) mass is 605 g/mol. The van der Waals surface area contributed by atoms with Crippen LogP contribution in [0, 0.1) is 0 Å². The van der Waals surface area contributed by atoms with Gasteiger partial charge in [-0.25, -0.2) is 0 Å². The summed E-state index contributed by atoms with van der Waals surface area (Å²) in [6.45, 7) is 4.77. The van der Waals surface area contributed by atoms with Crippen molar-refractivity contribution in [3.05, 3.63) is 113 Å². The summed E-state index contributed by atoms with van der Waals surface area (Å²) in [5.41, 5.74) is 6.48. The smallest absolute Gasteiger partial charge is 0.200 e. The molecule has 1 aromatic heterocycles. The lowest BCUT2D eigenvalue weighted by Gasteiger charge is -2.22. The van der Waals surface area contributed by atoms with E-state index in [1.165, 1.54) is 5.56 Å². The minimum Gasteiger partial charge on any atom is -0.488 e. The van der Waals surface area contributed by atoms with E-state index in [9.17, 15) is 9.90 Å². The number of benzene rings is 4. The molecule has 45 heavy (non-hydrogen) atoms. The minimum absolute atomic E-state index is 0.0674. The lowest BCUT2D eigenvalue weighted by atomic mass is 9.86. The zero-order chi connectivity index (χ0) is 31.0. The van der Waals surface area contributed by atoms with Gasteiger partial charge in [-0.3, -0.25) is 14.4 Å². The van der Waals surface area contributed by atoms with E-state index >= 15 is 0 Å². The third-order valence-electron chi connectivity index (χ3n) is 8.09. The Morgan fingerprint density at radius 2 is 1.56 bits per heavy atom. The predicted molar refractivity (Wildman–Crippen MR) is 177 cm³/mol. The van der Waals surface area contributed by atoms with E-state index in [0.29, 0.717) is 62.8 Å². The fraction of sp³-hybridized carbons (Fsp3) is 0.278. The maximum atomic E-state index is 14.4. The summed E-state index contributed by atoms with van der Waals surface area (Å²) in [6, 6.07) is 29.9. The number of hydrogen-bond donors (Lipinski definition) is 4. The first-order valence-electron chi connectivity index (χ1n) is 15.5. The molecule has 4 N–H and O–H groups in total. The van der Waals surface area contributed by atoms with Crippen LogP contribution in [0.4, 0.5) is 5.69 Å². The zero-order valence-corrected chi connectivity index (χ0v) is 25.3. The van der Waals surface area contributed by atoms with E-state index in [1.807, 2.05) is 83.5 Å². The van der Waals surface area contributed by atoms with Crippen molar-refractivity contribution >= 4 is 22.4 Å². The van der Waals surface area contributed by atoms with Crippen LogP contribution >= 0.6 is 0 Å². The van der Waals surface area contributed by atoms with Gasteiger partial charge < -0.3 is 25.6 Å². The van der Waals surface area contributed by atoms with Crippen LogP contribution in [-0.4, -0.2) is 76.6 Å². The third kappa shape index (κ3) is 6.77. The normalized spacial score (nSPS) is 12.1. The number of ether oxygens (including phenoxy) is 1. The second kappa shape index (κ2) is 14.5. The molecule has 0 amide bonds. The molecule has 0 aliphatic heterocycles. The first-order chi connectivity index (χ1) is 22.2. The van der Waals surface area contributed by atoms with Gasteiger partial charge in [0.25, 0.3) is 0 Å². The number of rotatable bonds is 16. The number of anilines is 1. The summed E-state index contributed by atoms with van der Waals surface area (Å²) in [4.78, 5) is 16.6. The summed E-state index contributed by atoms with van der Waals surface area (Å²) in [6.07, 6.45) is 0. The van der Waals surface area contributed by atoms with Gasteiger partial charge in [0.2, 0.25) is 0 Å². The van der Waals surface area contributed by atoms with Gasteiger partial charge in [0.1, 0.15) is 18.1 Å². The molecule has 232 valence electrons. The number of nitrogens with zero attached hydrogens (tertiary/aromatic N) is 3. The summed E-state index contributed by atoms with van der Waals surface area (Å²) < 4.78 is 8.25. The lowest BCUT2D eigenvalue weighted by Crippen LogP contribution is -2.30. The van der Waals surface area contributed by atoms with Crippen molar-refractivity contribution in [2.24, 2.45) is 0 Å². The second-order valence-corrected chi connectivity index (χ2v) is 11.1. The molecule has 9 nitrogen and oxygen atoms in total. The van der Waals surface area contributed by atoms with Crippen LogP contribution in [0.3, 0.4) is 0 Å². The molecule has 0 atom stereocenters. The molecule has 0 spiro atoms. The molecule has 5 aromatic rings. The minimum atomic E-state index is -0.0943. The van der Waals surface area contributed by atoms with Crippen LogP contribution in [0.25, 0.3) is 22.2 Å². The van der Waals surface area contributed by atoms with E-state index in [2.05, 4.69) is 27.7 Å².